The molecule has 0 bridgehead atoms. The lowest BCUT2D eigenvalue weighted by atomic mass is 9.99. The molecule has 0 spiro atoms. The number of hydrogen-bond donors (Lipinski definition) is 5. The zero-order valence-corrected chi connectivity index (χ0v) is 16.4. The van der Waals surface area contributed by atoms with Crippen molar-refractivity contribution in [3.8, 4) is 16.9 Å². The van der Waals surface area contributed by atoms with E-state index in [9.17, 15) is 28.8 Å². The van der Waals surface area contributed by atoms with Crippen LogP contribution in [0.4, 0.5) is 0 Å². The molecule has 0 radical (unpaired) electrons. The maximum absolute atomic E-state index is 12.0. The van der Waals surface area contributed by atoms with Gasteiger partial charge >= 0.3 is 0 Å². The van der Waals surface area contributed by atoms with Crippen LogP contribution in [0.25, 0.3) is 11.1 Å². The quantitative estimate of drug-likeness (QED) is 0.414. The molecule has 3 rings (SSSR count). The summed E-state index contributed by atoms with van der Waals surface area (Å²) in [6, 6.07) is 13.0. The Morgan fingerprint density at radius 2 is 1.69 bits per heavy atom. The summed E-state index contributed by atoms with van der Waals surface area (Å²) < 4.78 is 37.1. The number of aliphatic hydroxyl groups excluding tert-OH is 4. The Hall–Kier alpha value is -2.05. The van der Waals surface area contributed by atoms with Crippen LogP contribution in [-0.4, -0.2) is 73.2 Å². The number of nitrogens with one attached hydrogen (secondary N) is 1. The average Bonchev–Trinajstić information content (AvgIpc) is 2.74. The minimum absolute atomic E-state index is 0.138. The van der Waals surface area contributed by atoms with E-state index in [1.54, 1.807) is 42.5 Å². The van der Waals surface area contributed by atoms with Crippen molar-refractivity contribution in [3.05, 3.63) is 48.5 Å². The van der Waals surface area contributed by atoms with E-state index in [0.29, 0.717) is 11.3 Å². The summed E-state index contributed by atoms with van der Waals surface area (Å²) in [4.78, 5) is 0.138. The summed E-state index contributed by atoms with van der Waals surface area (Å²) in [6.45, 7) is -0.546. The molecular formula is C19H23NO8S. The highest BCUT2D eigenvalue weighted by molar-refractivity contribution is 7.89. The van der Waals surface area contributed by atoms with Crippen LogP contribution in [0.1, 0.15) is 0 Å². The van der Waals surface area contributed by atoms with Crippen LogP contribution < -0.4 is 9.46 Å². The largest absolute Gasteiger partial charge is 0.462 e. The third kappa shape index (κ3) is 4.59. The molecule has 1 saturated heterocycles. The fourth-order valence-corrected chi connectivity index (χ4v) is 3.76. The molecule has 2 aromatic carbocycles. The fraction of sp³-hybridized carbons (Fsp3) is 0.368. The van der Waals surface area contributed by atoms with Crippen LogP contribution in [0.2, 0.25) is 0 Å². The Labute approximate surface area is 168 Å². The van der Waals surface area contributed by atoms with Gasteiger partial charge < -0.3 is 29.9 Å². The number of benzene rings is 2. The number of sulfonamides is 1. The molecule has 0 aromatic heterocycles. The molecule has 29 heavy (non-hydrogen) atoms. The lowest BCUT2D eigenvalue weighted by molar-refractivity contribution is -0.277. The van der Waals surface area contributed by atoms with E-state index in [-0.39, 0.29) is 4.90 Å². The summed E-state index contributed by atoms with van der Waals surface area (Å²) >= 11 is 0. The Balaban J connectivity index is 1.77. The van der Waals surface area contributed by atoms with E-state index in [0.717, 1.165) is 5.56 Å². The van der Waals surface area contributed by atoms with Crippen molar-refractivity contribution < 1.29 is 38.3 Å². The summed E-state index contributed by atoms with van der Waals surface area (Å²) in [5, 5.41) is 38.9. The normalized spacial score (nSPS) is 27.6. The molecule has 10 heteroatoms. The summed E-state index contributed by atoms with van der Waals surface area (Å²) in [6.07, 6.45) is -6.83. The van der Waals surface area contributed by atoms with Gasteiger partial charge in [0.25, 0.3) is 0 Å². The smallest absolute Gasteiger partial charge is 0.240 e. The molecule has 0 amide bonds. The first kappa shape index (κ1) is 21.7. The standard InChI is InChI=1S/C19H23NO8S/c1-20-29(25,26)14-4-2-3-12(9-14)11-5-7-13(8-6-11)27-19-18(24)17(23)16(22)15(10-21)28-19/h2-9,15-24H,10H2,1H3. The Morgan fingerprint density at radius 1 is 1.00 bits per heavy atom. The average molecular weight is 425 g/mol. The monoisotopic (exact) mass is 425 g/mol. The maximum atomic E-state index is 12.0. The predicted molar refractivity (Wildman–Crippen MR) is 103 cm³/mol. The van der Waals surface area contributed by atoms with Crippen molar-refractivity contribution >= 4 is 10.0 Å². The SMILES string of the molecule is CNS(=O)(=O)c1cccc(-c2ccc(OC3OC(CO)C(O)C(O)C3O)cc2)c1. The fourth-order valence-electron chi connectivity index (χ4n) is 2.99. The first-order valence-electron chi connectivity index (χ1n) is 8.88. The van der Waals surface area contributed by atoms with Crippen LogP contribution in [0, 0.1) is 0 Å². The third-order valence-electron chi connectivity index (χ3n) is 4.70. The van der Waals surface area contributed by atoms with Crippen molar-refractivity contribution in [1.82, 2.24) is 4.72 Å². The molecule has 5 N–H and O–H groups in total. The van der Waals surface area contributed by atoms with Crippen molar-refractivity contribution in [1.29, 1.82) is 0 Å². The van der Waals surface area contributed by atoms with Crippen LogP contribution in [0.15, 0.2) is 53.4 Å². The van der Waals surface area contributed by atoms with Crippen LogP contribution >= 0.6 is 0 Å². The lowest BCUT2D eigenvalue weighted by Gasteiger charge is -2.39. The first-order chi connectivity index (χ1) is 13.8. The number of ether oxygens (including phenoxy) is 2. The van der Waals surface area contributed by atoms with Gasteiger partial charge in [0, 0.05) is 0 Å². The van der Waals surface area contributed by atoms with E-state index in [4.69, 9.17) is 9.47 Å². The van der Waals surface area contributed by atoms with Crippen LogP contribution in [-0.2, 0) is 14.8 Å². The van der Waals surface area contributed by atoms with Gasteiger partial charge in [0.1, 0.15) is 30.2 Å². The maximum Gasteiger partial charge on any atom is 0.240 e. The topological polar surface area (TPSA) is 146 Å². The molecule has 0 aliphatic carbocycles. The number of rotatable bonds is 6. The molecule has 1 heterocycles. The van der Waals surface area contributed by atoms with Gasteiger partial charge in [0.15, 0.2) is 0 Å². The molecule has 5 unspecified atom stereocenters. The first-order valence-corrected chi connectivity index (χ1v) is 10.4. The zero-order valence-electron chi connectivity index (χ0n) is 15.5. The van der Waals surface area contributed by atoms with Gasteiger partial charge in [-0.1, -0.05) is 24.3 Å². The molecule has 158 valence electrons. The highest BCUT2D eigenvalue weighted by Crippen LogP contribution is 2.27. The summed E-state index contributed by atoms with van der Waals surface area (Å²) in [7, 11) is -2.22. The van der Waals surface area contributed by atoms with Crippen LogP contribution in [0.5, 0.6) is 5.75 Å². The van der Waals surface area contributed by atoms with Crippen LogP contribution in [0.3, 0.4) is 0 Å². The van der Waals surface area contributed by atoms with Gasteiger partial charge in [-0.25, -0.2) is 13.1 Å². The molecule has 0 saturated carbocycles. The summed E-state index contributed by atoms with van der Waals surface area (Å²) in [5.74, 6) is 0.317. The van der Waals surface area contributed by atoms with E-state index in [1.807, 2.05) is 0 Å². The minimum atomic E-state index is -3.56. The highest BCUT2D eigenvalue weighted by Gasteiger charge is 2.44. The van der Waals surface area contributed by atoms with Crippen molar-refractivity contribution in [2.24, 2.45) is 0 Å². The lowest BCUT2D eigenvalue weighted by Crippen LogP contribution is -2.60. The Kier molecular flexibility index (Phi) is 6.54. The van der Waals surface area contributed by atoms with Crippen molar-refractivity contribution in [2.45, 2.75) is 35.6 Å². The molecule has 1 aliphatic heterocycles. The zero-order chi connectivity index (χ0) is 21.2. The third-order valence-corrected chi connectivity index (χ3v) is 6.11. The minimum Gasteiger partial charge on any atom is -0.462 e. The second-order valence-corrected chi connectivity index (χ2v) is 8.46. The van der Waals surface area contributed by atoms with Gasteiger partial charge in [-0.05, 0) is 42.4 Å². The van der Waals surface area contributed by atoms with E-state index >= 15 is 0 Å². The molecule has 5 atom stereocenters. The van der Waals surface area contributed by atoms with Gasteiger partial charge in [-0.15, -0.1) is 0 Å². The Bertz CT molecular complexity index is 931. The number of hydrogen-bond acceptors (Lipinski definition) is 8. The Morgan fingerprint density at radius 3 is 2.31 bits per heavy atom. The predicted octanol–water partition coefficient (Wildman–Crippen LogP) is -0.560. The molecule has 1 aliphatic rings. The van der Waals surface area contributed by atoms with Gasteiger partial charge in [-0.3, -0.25) is 0 Å². The van der Waals surface area contributed by atoms with Gasteiger partial charge in [-0.2, -0.15) is 0 Å². The van der Waals surface area contributed by atoms with Crippen molar-refractivity contribution in [2.75, 3.05) is 13.7 Å². The molecule has 9 nitrogen and oxygen atoms in total. The van der Waals surface area contributed by atoms with E-state index in [1.165, 1.54) is 13.1 Å². The van der Waals surface area contributed by atoms with Gasteiger partial charge in [0.2, 0.25) is 16.3 Å². The van der Waals surface area contributed by atoms with Crippen molar-refractivity contribution in [3.63, 3.8) is 0 Å². The second-order valence-electron chi connectivity index (χ2n) is 6.57. The molecule has 1 fully saturated rings. The van der Waals surface area contributed by atoms with E-state index in [2.05, 4.69) is 4.72 Å². The van der Waals surface area contributed by atoms with Gasteiger partial charge in [0.05, 0.1) is 11.5 Å². The van der Waals surface area contributed by atoms with E-state index < -0.39 is 47.3 Å². The molecule has 2 aromatic rings. The summed E-state index contributed by atoms with van der Waals surface area (Å²) in [5.41, 5.74) is 1.42. The molecular weight excluding hydrogens is 402 g/mol. The number of aliphatic hydroxyl groups is 4. The second kappa shape index (κ2) is 8.76. The highest BCUT2D eigenvalue weighted by atomic mass is 32.2.